The van der Waals surface area contributed by atoms with Crippen molar-refractivity contribution in [2.24, 2.45) is 0 Å². The summed E-state index contributed by atoms with van der Waals surface area (Å²) in [5.74, 6) is 0.972. The molecule has 0 aliphatic rings. The fraction of sp³-hybridized carbons (Fsp3) is 0.474. The van der Waals surface area contributed by atoms with Crippen LogP contribution in [0.1, 0.15) is 40.0 Å². The van der Waals surface area contributed by atoms with Crippen molar-refractivity contribution in [1.29, 1.82) is 0 Å². The molecule has 0 saturated heterocycles. The van der Waals surface area contributed by atoms with Gasteiger partial charge in [0.15, 0.2) is 0 Å². The van der Waals surface area contributed by atoms with Crippen molar-refractivity contribution in [3.63, 3.8) is 0 Å². The van der Waals surface area contributed by atoms with Crippen LogP contribution in [-0.2, 0) is 0 Å². The summed E-state index contributed by atoms with van der Waals surface area (Å²) in [5, 5.41) is 6.06. The molecule has 0 radical (unpaired) electrons. The van der Waals surface area contributed by atoms with E-state index >= 15 is 0 Å². The highest BCUT2D eigenvalue weighted by atomic mass is 16.5. The standard InChI is InChI=1S/C19H27NO/c1-4-9-18(20-6-3)19(5-2)21-17-13-12-15-10-7-8-11-16(15)14-17/h7-8,10-14,18-20H,4-6,9H2,1-3H3. The number of benzene rings is 2. The summed E-state index contributed by atoms with van der Waals surface area (Å²) in [7, 11) is 0. The van der Waals surface area contributed by atoms with Crippen molar-refractivity contribution in [1.82, 2.24) is 5.32 Å². The lowest BCUT2D eigenvalue weighted by Crippen LogP contribution is -2.42. The molecule has 0 spiro atoms. The number of hydrogen-bond acceptors (Lipinski definition) is 2. The molecule has 21 heavy (non-hydrogen) atoms. The van der Waals surface area contributed by atoms with Crippen molar-refractivity contribution in [2.45, 2.75) is 52.2 Å². The number of nitrogens with one attached hydrogen (secondary N) is 1. The third-order valence-corrected chi connectivity index (χ3v) is 3.93. The van der Waals surface area contributed by atoms with E-state index in [-0.39, 0.29) is 6.10 Å². The van der Waals surface area contributed by atoms with E-state index in [0.717, 1.165) is 25.1 Å². The Labute approximate surface area is 128 Å². The molecule has 2 aromatic carbocycles. The van der Waals surface area contributed by atoms with Gasteiger partial charge in [-0.05, 0) is 42.3 Å². The van der Waals surface area contributed by atoms with Crippen LogP contribution >= 0.6 is 0 Å². The highest BCUT2D eigenvalue weighted by Gasteiger charge is 2.20. The highest BCUT2D eigenvalue weighted by Crippen LogP contribution is 2.23. The second-order valence-corrected chi connectivity index (χ2v) is 5.53. The van der Waals surface area contributed by atoms with Gasteiger partial charge in [0, 0.05) is 6.04 Å². The van der Waals surface area contributed by atoms with Crippen LogP contribution in [-0.4, -0.2) is 18.7 Å². The molecule has 2 atom stereocenters. The van der Waals surface area contributed by atoms with Crippen LogP contribution in [0.3, 0.4) is 0 Å². The summed E-state index contributed by atoms with van der Waals surface area (Å²) in [4.78, 5) is 0. The largest absolute Gasteiger partial charge is 0.489 e. The summed E-state index contributed by atoms with van der Waals surface area (Å²) >= 11 is 0. The number of likely N-dealkylation sites (N-methyl/N-ethyl adjacent to an activating group) is 1. The molecular formula is C19H27NO. The third-order valence-electron chi connectivity index (χ3n) is 3.93. The monoisotopic (exact) mass is 285 g/mol. The Morgan fingerprint density at radius 1 is 1.00 bits per heavy atom. The van der Waals surface area contributed by atoms with Crippen LogP contribution in [0.25, 0.3) is 10.8 Å². The molecule has 0 amide bonds. The molecule has 0 heterocycles. The lowest BCUT2D eigenvalue weighted by Gasteiger charge is -2.27. The smallest absolute Gasteiger partial charge is 0.120 e. The zero-order chi connectivity index (χ0) is 15.1. The molecule has 0 aliphatic carbocycles. The third kappa shape index (κ3) is 4.21. The van der Waals surface area contributed by atoms with Crippen molar-refractivity contribution in [3.05, 3.63) is 42.5 Å². The fourth-order valence-electron chi connectivity index (χ4n) is 2.86. The van der Waals surface area contributed by atoms with Crippen LogP contribution in [0.2, 0.25) is 0 Å². The van der Waals surface area contributed by atoms with E-state index in [1.807, 2.05) is 0 Å². The Balaban J connectivity index is 2.14. The topological polar surface area (TPSA) is 21.3 Å². The van der Waals surface area contributed by atoms with E-state index in [0.29, 0.717) is 6.04 Å². The van der Waals surface area contributed by atoms with Gasteiger partial charge in [-0.1, -0.05) is 57.5 Å². The summed E-state index contributed by atoms with van der Waals surface area (Å²) in [6, 6.07) is 15.2. The van der Waals surface area contributed by atoms with Crippen LogP contribution in [0.15, 0.2) is 42.5 Å². The van der Waals surface area contributed by atoms with Gasteiger partial charge in [0.05, 0.1) is 0 Å². The lowest BCUT2D eigenvalue weighted by molar-refractivity contribution is 0.143. The van der Waals surface area contributed by atoms with E-state index in [9.17, 15) is 0 Å². The summed E-state index contributed by atoms with van der Waals surface area (Å²) in [6.45, 7) is 7.58. The maximum atomic E-state index is 6.28. The number of ether oxygens (including phenoxy) is 1. The van der Waals surface area contributed by atoms with Crippen molar-refractivity contribution in [3.8, 4) is 5.75 Å². The van der Waals surface area contributed by atoms with E-state index in [4.69, 9.17) is 4.74 Å². The maximum absolute atomic E-state index is 6.28. The molecule has 2 rings (SSSR count). The number of rotatable bonds is 8. The molecule has 2 nitrogen and oxygen atoms in total. The minimum Gasteiger partial charge on any atom is -0.489 e. The molecule has 114 valence electrons. The summed E-state index contributed by atoms with van der Waals surface area (Å²) in [6.07, 6.45) is 3.57. The van der Waals surface area contributed by atoms with Gasteiger partial charge in [-0.25, -0.2) is 0 Å². The minimum atomic E-state index is 0.228. The first-order chi connectivity index (χ1) is 10.3. The molecule has 0 fully saturated rings. The Morgan fingerprint density at radius 2 is 1.76 bits per heavy atom. The molecule has 0 bridgehead atoms. The molecule has 0 saturated carbocycles. The van der Waals surface area contributed by atoms with Crippen LogP contribution in [0.4, 0.5) is 0 Å². The second-order valence-electron chi connectivity index (χ2n) is 5.53. The van der Waals surface area contributed by atoms with E-state index in [1.165, 1.54) is 17.2 Å². The maximum Gasteiger partial charge on any atom is 0.120 e. The van der Waals surface area contributed by atoms with E-state index < -0.39 is 0 Å². The van der Waals surface area contributed by atoms with Crippen LogP contribution in [0.5, 0.6) is 5.75 Å². The molecule has 0 aliphatic heterocycles. The normalized spacial score (nSPS) is 14.0. The highest BCUT2D eigenvalue weighted by molar-refractivity contribution is 5.83. The Kier molecular flexibility index (Phi) is 6.06. The van der Waals surface area contributed by atoms with Gasteiger partial charge >= 0.3 is 0 Å². The molecule has 0 aromatic heterocycles. The molecule has 1 N–H and O–H groups in total. The second kappa shape index (κ2) is 8.04. The van der Waals surface area contributed by atoms with Crippen molar-refractivity contribution >= 4 is 10.8 Å². The average Bonchev–Trinajstić information content (AvgIpc) is 2.52. The van der Waals surface area contributed by atoms with Gasteiger partial charge in [-0.15, -0.1) is 0 Å². The zero-order valence-corrected chi connectivity index (χ0v) is 13.4. The predicted molar refractivity (Wildman–Crippen MR) is 91.0 cm³/mol. The predicted octanol–water partition coefficient (Wildman–Crippen LogP) is 4.78. The van der Waals surface area contributed by atoms with E-state index in [2.05, 4.69) is 68.6 Å². The first-order valence-electron chi connectivity index (χ1n) is 8.17. The minimum absolute atomic E-state index is 0.228. The Bertz CT molecular complexity index is 546. The Hall–Kier alpha value is -1.54. The fourth-order valence-corrected chi connectivity index (χ4v) is 2.86. The zero-order valence-electron chi connectivity index (χ0n) is 13.4. The SMILES string of the molecule is CCCC(NCC)C(CC)Oc1ccc2ccccc2c1. The van der Waals surface area contributed by atoms with E-state index in [1.54, 1.807) is 0 Å². The quantitative estimate of drug-likeness (QED) is 0.754. The summed E-state index contributed by atoms with van der Waals surface area (Å²) in [5.41, 5.74) is 0. The van der Waals surface area contributed by atoms with Gasteiger partial charge in [0.1, 0.15) is 11.9 Å². The van der Waals surface area contributed by atoms with Gasteiger partial charge < -0.3 is 10.1 Å². The molecule has 2 heteroatoms. The Morgan fingerprint density at radius 3 is 2.43 bits per heavy atom. The number of hydrogen-bond donors (Lipinski definition) is 1. The van der Waals surface area contributed by atoms with Crippen molar-refractivity contribution in [2.75, 3.05) is 6.54 Å². The van der Waals surface area contributed by atoms with Crippen LogP contribution < -0.4 is 10.1 Å². The average molecular weight is 285 g/mol. The van der Waals surface area contributed by atoms with Gasteiger partial charge in [-0.3, -0.25) is 0 Å². The molecule has 2 unspecified atom stereocenters. The summed E-state index contributed by atoms with van der Waals surface area (Å²) < 4.78 is 6.28. The first kappa shape index (κ1) is 15.8. The van der Waals surface area contributed by atoms with Crippen LogP contribution in [0, 0.1) is 0 Å². The first-order valence-corrected chi connectivity index (χ1v) is 8.17. The van der Waals surface area contributed by atoms with Gasteiger partial charge in [-0.2, -0.15) is 0 Å². The molecular weight excluding hydrogens is 258 g/mol. The lowest BCUT2D eigenvalue weighted by atomic mass is 10.0. The molecule has 2 aromatic rings. The number of fused-ring (bicyclic) bond motifs is 1. The van der Waals surface area contributed by atoms with Gasteiger partial charge in [0.25, 0.3) is 0 Å². The van der Waals surface area contributed by atoms with Crippen molar-refractivity contribution < 1.29 is 4.74 Å². The van der Waals surface area contributed by atoms with Gasteiger partial charge in [0.2, 0.25) is 0 Å².